The first-order valence-corrected chi connectivity index (χ1v) is 4.55. The molecule has 0 radical (unpaired) electrons. The molecule has 0 atom stereocenters. The van der Waals surface area contributed by atoms with Gasteiger partial charge in [0.15, 0.2) is 0 Å². The van der Waals surface area contributed by atoms with Gasteiger partial charge in [0, 0.05) is 31.3 Å². The number of hydrogen-bond donors (Lipinski definition) is 2. The molecule has 1 fully saturated rings. The summed E-state index contributed by atoms with van der Waals surface area (Å²) >= 11 is 5.31. The first-order valence-electron chi connectivity index (χ1n) is 4.02. The summed E-state index contributed by atoms with van der Waals surface area (Å²) in [4.78, 5) is 10.9. The van der Waals surface area contributed by atoms with E-state index < -0.39 is 18.0 Å². The minimum atomic E-state index is -2.59. The first kappa shape index (κ1) is 10.5. The predicted molar refractivity (Wildman–Crippen MR) is 45.2 cm³/mol. The lowest BCUT2D eigenvalue weighted by Gasteiger charge is -2.35. The minimum Gasteiger partial charge on any atom is -0.337 e. The summed E-state index contributed by atoms with van der Waals surface area (Å²) in [6.07, 6.45) is -0.525. The van der Waals surface area contributed by atoms with Gasteiger partial charge >= 0.3 is 6.03 Å². The highest BCUT2D eigenvalue weighted by molar-refractivity contribution is 6.18. The van der Waals surface area contributed by atoms with Crippen molar-refractivity contribution in [3.63, 3.8) is 0 Å². The van der Waals surface area contributed by atoms with Crippen LogP contribution in [0.25, 0.3) is 0 Å². The van der Waals surface area contributed by atoms with E-state index in [4.69, 9.17) is 11.6 Å². The summed E-state index contributed by atoms with van der Waals surface area (Å²) in [5, 5.41) is 4.85. The number of nitrogens with one attached hydrogen (secondary N) is 2. The van der Waals surface area contributed by atoms with E-state index in [1.165, 1.54) is 0 Å². The van der Waals surface area contributed by atoms with Crippen molar-refractivity contribution >= 4 is 17.6 Å². The van der Waals surface area contributed by atoms with Gasteiger partial charge in [0.1, 0.15) is 0 Å². The molecule has 3 nitrogen and oxygen atoms in total. The minimum absolute atomic E-state index is 0.263. The maximum Gasteiger partial charge on any atom is 0.315 e. The van der Waals surface area contributed by atoms with Crippen molar-refractivity contribution in [1.29, 1.82) is 0 Å². The second kappa shape index (κ2) is 4.09. The van der Waals surface area contributed by atoms with Gasteiger partial charge in [-0.3, -0.25) is 0 Å². The lowest BCUT2D eigenvalue weighted by Crippen LogP contribution is -2.53. The number of carbonyl (C=O) groups excluding carboxylic acids is 1. The average Bonchev–Trinajstić information content (AvgIpc) is 1.97. The van der Waals surface area contributed by atoms with Gasteiger partial charge in [-0.2, -0.15) is 0 Å². The van der Waals surface area contributed by atoms with Gasteiger partial charge in [-0.05, 0) is 0 Å². The van der Waals surface area contributed by atoms with Crippen LogP contribution >= 0.6 is 11.6 Å². The Labute approximate surface area is 79.8 Å². The van der Waals surface area contributed by atoms with Crippen molar-refractivity contribution in [3.8, 4) is 0 Å². The van der Waals surface area contributed by atoms with Crippen LogP contribution in [0.5, 0.6) is 0 Å². The van der Waals surface area contributed by atoms with E-state index in [1.54, 1.807) is 0 Å². The molecular weight excluding hydrogens is 202 g/mol. The monoisotopic (exact) mass is 212 g/mol. The van der Waals surface area contributed by atoms with Crippen LogP contribution in [0.3, 0.4) is 0 Å². The van der Waals surface area contributed by atoms with E-state index in [2.05, 4.69) is 10.6 Å². The van der Waals surface area contributed by atoms with Crippen molar-refractivity contribution in [2.45, 2.75) is 24.8 Å². The van der Waals surface area contributed by atoms with E-state index in [0.29, 0.717) is 12.4 Å². The molecule has 0 heterocycles. The van der Waals surface area contributed by atoms with Gasteiger partial charge in [0.05, 0.1) is 0 Å². The molecule has 2 amide bonds. The standard InChI is InChI=1S/C7H11ClF2N2O/c8-1-2-11-6(13)12-5-3-7(9,10)4-5/h5H,1-4H2,(H2,11,12,13). The van der Waals surface area contributed by atoms with Crippen molar-refractivity contribution in [2.75, 3.05) is 12.4 Å². The third-order valence-corrected chi connectivity index (χ3v) is 1.99. The van der Waals surface area contributed by atoms with Crippen LogP contribution in [0.2, 0.25) is 0 Å². The number of carbonyl (C=O) groups is 1. The lowest BCUT2D eigenvalue weighted by atomic mass is 9.88. The summed E-state index contributed by atoms with van der Waals surface area (Å²) in [5.41, 5.74) is 0. The van der Waals surface area contributed by atoms with Crippen LogP contribution in [-0.2, 0) is 0 Å². The molecule has 0 bridgehead atoms. The maximum absolute atomic E-state index is 12.3. The van der Waals surface area contributed by atoms with Gasteiger partial charge in [-0.1, -0.05) is 0 Å². The van der Waals surface area contributed by atoms with E-state index >= 15 is 0 Å². The summed E-state index contributed by atoms with van der Waals surface area (Å²) in [6, 6.07) is -0.827. The third-order valence-electron chi connectivity index (χ3n) is 1.81. The first-order chi connectivity index (χ1) is 6.03. The summed E-state index contributed by atoms with van der Waals surface area (Å²) < 4.78 is 24.6. The van der Waals surface area contributed by atoms with Crippen molar-refractivity contribution in [3.05, 3.63) is 0 Å². The van der Waals surface area contributed by atoms with Crippen molar-refractivity contribution in [2.24, 2.45) is 0 Å². The number of urea groups is 1. The van der Waals surface area contributed by atoms with E-state index in [1.807, 2.05) is 0 Å². The fourth-order valence-electron chi connectivity index (χ4n) is 1.16. The molecule has 0 unspecified atom stereocenters. The van der Waals surface area contributed by atoms with E-state index in [0.717, 1.165) is 0 Å². The van der Waals surface area contributed by atoms with E-state index in [-0.39, 0.29) is 12.8 Å². The molecule has 1 aliphatic carbocycles. The van der Waals surface area contributed by atoms with E-state index in [9.17, 15) is 13.6 Å². The Bertz CT molecular complexity index is 193. The molecule has 0 spiro atoms. The highest BCUT2D eigenvalue weighted by atomic mass is 35.5. The molecule has 0 aromatic heterocycles. The highest BCUT2D eigenvalue weighted by Crippen LogP contribution is 2.37. The molecule has 0 aromatic carbocycles. The SMILES string of the molecule is O=C(NCCCl)NC1CC(F)(F)C1. The number of rotatable bonds is 3. The maximum atomic E-state index is 12.3. The van der Waals surface area contributed by atoms with Crippen LogP contribution in [0.1, 0.15) is 12.8 Å². The number of hydrogen-bond acceptors (Lipinski definition) is 1. The van der Waals surface area contributed by atoms with Crippen molar-refractivity contribution < 1.29 is 13.6 Å². The predicted octanol–water partition coefficient (Wildman–Crippen LogP) is 1.32. The van der Waals surface area contributed by atoms with Crippen molar-refractivity contribution in [1.82, 2.24) is 10.6 Å². The van der Waals surface area contributed by atoms with Gasteiger partial charge in [-0.15, -0.1) is 11.6 Å². The topological polar surface area (TPSA) is 41.1 Å². The number of halogens is 3. The Kier molecular flexibility index (Phi) is 3.30. The summed E-state index contributed by atoms with van der Waals surface area (Å²) in [6.45, 7) is 0.344. The zero-order valence-electron chi connectivity index (χ0n) is 6.95. The zero-order chi connectivity index (χ0) is 9.90. The fraction of sp³-hybridized carbons (Fsp3) is 0.857. The number of alkyl halides is 3. The molecular formula is C7H11ClF2N2O. The molecule has 0 aliphatic heterocycles. The lowest BCUT2D eigenvalue weighted by molar-refractivity contribution is -0.0896. The highest BCUT2D eigenvalue weighted by Gasteiger charge is 2.45. The second-order valence-corrected chi connectivity index (χ2v) is 3.43. The summed E-state index contributed by atoms with van der Waals surface area (Å²) in [5.74, 6) is -2.28. The van der Waals surface area contributed by atoms with Gasteiger partial charge < -0.3 is 10.6 Å². The molecule has 2 N–H and O–H groups in total. The molecule has 0 aromatic rings. The van der Waals surface area contributed by atoms with Crippen LogP contribution in [0.15, 0.2) is 0 Å². The Morgan fingerprint density at radius 1 is 1.54 bits per heavy atom. The molecule has 0 saturated heterocycles. The molecule has 76 valence electrons. The second-order valence-electron chi connectivity index (χ2n) is 3.05. The van der Waals surface area contributed by atoms with Gasteiger partial charge in [0.25, 0.3) is 5.92 Å². The molecule has 1 aliphatic rings. The van der Waals surface area contributed by atoms with Crippen LogP contribution in [0, 0.1) is 0 Å². The van der Waals surface area contributed by atoms with Crippen LogP contribution < -0.4 is 10.6 Å². The zero-order valence-corrected chi connectivity index (χ0v) is 7.70. The molecule has 13 heavy (non-hydrogen) atoms. The van der Waals surface area contributed by atoms with Crippen LogP contribution in [-0.4, -0.2) is 30.4 Å². The summed E-state index contributed by atoms with van der Waals surface area (Å²) in [7, 11) is 0. The third kappa shape index (κ3) is 3.34. The quantitative estimate of drug-likeness (QED) is 0.681. The largest absolute Gasteiger partial charge is 0.337 e. The average molecular weight is 213 g/mol. The normalized spacial score (nSPS) is 20.5. The van der Waals surface area contributed by atoms with Gasteiger partial charge in [-0.25, -0.2) is 13.6 Å². The molecule has 1 saturated carbocycles. The Morgan fingerprint density at radius 2 is 2.15 bits per heavy atom. The number of amides is 2. The fourth-order valence-corrected chi connectivity index (χ4v) is 1.25. The molecule has 6 heteroatoms. The Morgan fingerprint density at radius 3 is 2.62 bits per heavy atom. The Balaban J connectivity index is 2.10. The smallest absolute Gasteiger partial charge is 0.315 e. The Hall–Kier alpha value is -0.580. The molecule has 1 rings (SSSR count). The van der Waals surface area contributed by atoms with Gasteiger partial charge in [0.2, 0.25) is 0 Å². The van der Waals surface area contributed by atoms with Crippen LogP contribution in [0.4, 0.5) is 13.6 Å².